The maximum absolute atomic E-state index is 12.3. The number of hydrogen-bond acceptors (Lipinski definition) is 4. The molecule has 2 N–H and O–H groups in total. The van der Waals surface area contributed by atoms with E-state index < -0.39 is 10.2 Å². The Kier molecular flexibility index (Phi) is 4.68. The fraction of sp³-hybridized carbons (Fsp3) is 0.917. The zero-order valence-corrected chi connectivity index (χ0v) is 13.0. The largest absolute Gasteiger partial charge is 0.340 e. The number of carbonyl (C=O) groups excluding carboxylic acids is 1. The van der Waals surface area contributed by atoms with Gasteiger partial charge in [-0.05, 0) is 19.3 Å². The number of hydrogen-bond donors (Lipinski definition) is 1. The van der Waals surface area contributed by atoms with Crippen LogP contribution in [0, 0.1) is 5.92 Å². The molecule has 0 aromatic heterocycles. The molecule has 2 fully saturated rings. The lowest BCUT2D eigenvalue weighted by Gasteiger charge is -2.36. The molecule has 1 heterocycles. The summed E-state index contributed by atoms with van der Waals surface area (Å²) in [5.74, 6) is 0.168. The lowest BCUT2D eigenvalue weighted by molar-refractivity contribution is -0.136. The van der Waals surface area contributed by atoms with Gasteiger partial charge < -0.3 is 10.6 Å². The predicted molar refractivity (Wildman–Crippen MR) is 76.1 cm³/mol. The first-order chi connectivity index (χ1) is 9.32. The number of nitrogens with zero attached hydrogens (tertiary/aromatic N) is 3. The molecule has 0 spiro atoms. The molecule has 1 aliphatic heterocycles. The third-order valence-electron chi connectivity index (χ3n) is 4.16. The summed E-state index contributed by atoms with van der Waals surface area (Å²) < 4.78 is 26.6. The van der Waals surface area contributed by atoms with Crippen LogP contribution in [0.15, 0.2) is 0 Å². The van der Waals surface area contributed by atoms with E-state index >= 15 is 0 Å². The van der Waals surface area contributed by atoms with Crippen molar-refractivity contribution in [1.29, 1.82) is 0 Å². The van der Waals surface area contributed by atoms with Gasteiger partial charge in [0.1, 0.15) is 0 Å². The van der Waals surface area contributed by atoms with E-state index in [9.17, 15) is 13.2 Å². The summed E-state index contributed by atoms with van der Waals surface area (Å²) in [4.78, 5) is 14.1. The second-order valence-electron chi connectivity index (χ2n) is 5.78. The Bertz CT molecular complexity index is 457. The number of amides is 1. The Balaban J connectivity index is 1.90. The van der Waals surface area contributed by atoms with Gasteiger partial charge in [0.05, 0.1) is 0 Å². The second-order valence-corrected chi connectivity index (χ2v) is 7.93. The molecule has 1 saturated heterocycles. The van der Waals surface area contributed by atoms with E-state index in [0.717, 1.165) is 19.3 Å². The number of carbonyl (C=O) groups is 1. The SMILES string of the molecule is CN(C)S(=O)(=O)N1CCN(C(=O)C2CCC(N)C2)CC1. The van der Waals surface area contributed by atoms with Crippen molar-refractivity contribution < 1.29 is 13.2 Å². The normalized spacial score (nSPS) is 29.1. The van der Waals surface area contributed by atoms with Gasteiger partial charge in [-0.2, -0.15) is 17.0 Å². The Morgan fingerprint density at radius 3 is 2.20 bits per heavy atom. The van der Waals surface area contributed by atoms with Crippen LogP contribution in [0.4, 0.5) is 0 Å². The average Bonchev–Trinajstić information content (AvgIpc) is 2.84. The first kappa shape index (κ1) is 15.7. The van der Waals surface area contributed by atoms with Crippen LogP contribution in [0.2, 0.25) is 0 Å². The smallest absolute Gasteiger partial charge is 0.281 e. The van der Waals surface area contributed by atoms with Gasteiger partial charge >= 0.3 is 0 Å². The lowest BCUT2D eigenvalue weighted by Crippen LogP contribution is -2.53. The van der Waals surface area contributed by atoms with Crippen LogP contribution in [0.25, 0.3) is 0 Å². The van der Waals surface area contributed by atoms with Crippen LogP contribution < -0.4 is 5.73 Å². The molecule has 0 radical (unpaired) electrons. The van der Waals surface area contributed by atoms with Gasteiger partial charge in [0, 0.05) is 52.2 Å². The molecule has 1 aliphatic carbocycles. The molecular formula is C12H24N4O3S. The van der Waals surface area contributed by atoms with E-state index in [4.69, 9.17) is 5.73 Å². The summed E-state index contributed by atoms with van der Waals surface area (Å²) >= 11 is 0. The summed E-state index contributed by atoms with van der Waals surface area (Å²) in [5.41, 5.74) is 5.84. The molecular weight excluding hydrogens is 280 g/mol. The highest BCUT2D eigenvalue weighted by atomic mass is 32.2. The van der Waals surface area contributed by atoms with Crippen molar-refractivity contribution >= 4 is 16.1 Å². The standard InChI is InChI=1S/C12H24N4O3S/c1-14(2)20(18,19)16-7-5-15(6-8-16)12(17)10-3-4-11(13)9-10/h10-11H,3-9,13H2,1-2H3. The van der Waals surface area contributed by atoms with Crippen molar-refractivity contribution in [3.05, 3.63) is 0 Å². The molecule has 116 valence electrons. The average molecular weight is 304 g/mol. The van der Waals surface area contributed by atoms with E-state index in [0.29, 0.717) is 26.2 Å². The third kappa shape index (κ3) is 3.13. The van der Waals surface area contributed by atoms with Crippen molar-refractivity contribution in [2.24, 2.45) is 11.7 Å². The highest BCUT2D eigenvalue weighted by Crippen LogP contribution is 2.26. The first-order valence-corrected chi connectivity index (χ1v) is 8.44. The molecule has 2 unspecified atom stereocenters. The van der Waals surface area contributed by atoms with E-state index in [1.165, 1.54) is 22.7 Å². The van der Waals surface area contributed by atoms with Crippen molar-refractivity contribution in [1.82, 2.24) is 13.5 Å². The maximum Gasteiger partial charge on any atom is 0.281 e. The molecule has 1 amide bonds. The van der Waals surface area contributed by atoms with Gasteiger partial charge in [-0.25, -0.2) is 0 Å². The van der Waals surface area contributed by atoms with Crippen molar-refractivity contribution in [3.63, 3.8) is 0 Å². The molecule has 0 aromatic carbocycles. The van der Waals surface area contributed by atoms with Gasteiger partial charge in [0.25, 0.3) is 10.2 Å². The van der Waals surface area contributed by atoms with Gasteiger partial charge in [-0.1, -0.05) is 0 Å². The Hall–Kier alpha value is -0.700. The molecule has 1 saturated carbocycles. The van der Waals surface area contributed by atoms with Crippen LogP contribution in [-0.2, 0) is 15.0 Å². The fourth-order valence-electron chi connectivity index (χ4n) is 2.87. The van der Waals surface area contributed by atoms with Crippen LogP contribution >= 0.6 is 0 Å². The zero-order valence-electron chi connectivity index (χ0n) is 12.2. The minimum Gasteiger partial charge on any atom is -0.340 e. The van der Waals surface area contributed by atoms with E-state index in [-0.39, 0.29) is 17.9 Å². The summed E-state index contributed by atoms with van der Waals surface area (Å²) in [6, 6.07) is 0.138. The van der Waals surface area contributed by atoms with Crippen LogP contribution in [-0.4, -0.2) is 74.2 Å². The molecule has 0 aromatic rings. The summed E-state index contributed by atoms with van der Waals surface area (Å²) in [5, 5.41) is 0. The van der Waals surface area contributed by atoms with E-state index in [2.05, 4.69) is 0 Å². The quantitative estimate of drug-likeness (QED) is 0.729. The minimum atomic E-state index is -3.37. The Labute approximate surface area is 120 Å². The van der Waals surface area contributed by atoms with Crippen molar-refractivity contribution in [2.45, 2.75) is 25.3 Å². The third-order valence-corrected chi connectivity index (χ3v) is 6.10. The fourth-order valence-corrected chi connectivity index (χ4v) is 3.96. The van der Waals surface area contributed by atoms with Gasteiger partial charge in [-0.15, -0.1) is 0 Å². The molecule has 7 nitrogen and oxygen atoms in total. The minimum absolute atomic E-state index is 0.0296. The van der Waals surface area contributed by atoms with E-state index in [1.807, 2.05) is 0 Å². The molecule has 2 atom stereocenters. The molecule has 0 bridgehead atoms. The van der Waals surface area contributed by atoms with Crippen LogP contribution in [0.3, 0.4) is 0 Å². The predicted octanol–water partition coefficient (Wildman–Crippen LogP) is -0.936. The van der Waals surface area contributed by atoms with Crippen molar-refractivity contribution in [3.8, 4) is 0 Å². The van der Waals surface area contributed by atoms with Gasteiger partial charge in [-0.3, -0.25) is 4.79 Å². The Morgan fingerprint density at radius 1 is 1.15 bits per heavy atom. The van der Waals surface area contributed by atoms with Crippen molar-refractivity contribution in [2.75, 3.05) is 40.3 Å². The monoisotopic (exact) mass is 304 g/mol. The topological polar surface area (TPSA) is 87.0 Å². The molecule has 2 rings (SSSR count). The van der Waals surface area contributed by atoms with Crippen LogP contribution in [0.5, 0.6) is 0 Å². The molecule has 2 aliphatic rings. The molecule has 8 heteroatoms. The highest BCUT2D eigenvalue weighted by Gasteiger charge is 2.35. The Morgan fingerprint density at radius 2 is 1.75 bits per heavy atom. The summed E-state index contributed by atoms with van der Waals surface area (Å²) in [7, 11) is -0.327. The number of rotatable bonds is 3. The van der Waals surface area contributed by atoms with Crippen LogP contribution in [0.1, 0.15) is 19.3 Å². The zero-order chi connectivity index (χ0) is 14.9. The van der Waals surface area contributed by atoms with Gasteiger partial charge in [0.2, 0.25) is 5.91 Å². The van der Waals surface area contributed by atoms with E-state index in [1.54, 1.807) is 4.90 Å². The summed E-state index contributed by atoms with van der Waals surface area (Å²) in [6.45, 7) is 1.67. The highest BCUT2D eigenvalue weighted by molar-refractivity contribution is 7.86. The van der Waals surface area contributed by atoms with Gasteiger partial charge in [0.15, 0.2) is 0 Å². The lowest BCUT2D eigenvalue weighted by atomic mass is 10.1. The maximum atomic E-state index is 12.3. The summed E-state index contributed by atoms with van der Waals surface area (Å²) in [6.07, 6.45) is 2.52. The molecule has 20 heavy (non-hydrogen) atoms. The second kappa shape index (κ2) is 5.97. The first-order valence-electron chi connectivity index (χ1n) is 7.04. The number of nitrogens with two attached hydrogens (primary N) is 1. The number of piperazine rings is 1.